The first kappa shape index (κ1) is 13.6. The van der Waals surface area contributed by atoms with Crippen molar-refractivity contribution in [2.75, 3.05) is 6.54 Å². The van der Waals surface area contributed by atoms with Gasteiger partial charge >= 0.3 is 6.18 Å². The van der Waals surface area contributed by atoms with Crippen LogP contribution in [0.5, 0.6) is 0 Å². The van der Waals surface area contributed by atoms with Gasteiger partial charge in [0, 0.05) is 12.5 Å². The SMILES string of the molecule is O=C(NCC[C@@H](O)C(F)(F)F)[C@H]1C[C@H]2CC[C@H]1C2. The summed E-state index contributed by atoms with van der Waals surface area (Å²) in [6.07, 6.45) is -3.22. The number of aliphatic hydroxyl groups is 1. The molecule has 4 atom stereocenters. The molecule has 6 heteroatoms. The number of hydrogen-bond acceptors (Lipinski definition) is 2. The molecule has 2 aliphatic carbocycles. The summed E-state index contributed by atoms with van der Waals surface area (Å²) in [6, 6.07) is 0. The predicted molar refractivity (Wildman–Crippen MR) is 58.6 cm³/mol. The fourth-order valence-electron chi connectivity index (χ4n) is 3.19. The second-order valence-corrected chi connectivity index (χ2v) is 5.42. The summed E-state index contributed by atoms with van der Waals surface area (Å²) in [5, 5.41) is 11.3. The van der Waals surface area contributed by atoms with E-state index in [1.807, 2.05) is 0 Å². The Morgan fingerprint density at radius 1 is 1.33 bits per heavy atom. The van der Waals surface area contributed by atoms with Crippen LogP contribution >= 0.6 is 0 Å². The molecule has 18 heavy (non-hydrogen) atoms. The summed E-state index contributed by atoms with van der Waals surface area (Å²) in [5.41, 5.74) is 0. The van der Waals surface area contributed by atoms with Crippen molar-refractivity contribution in [3.8, 4) is 0 Å². The lowest BCUT2D eigenvalue weighted by molar-refractivity contribution is -0.205. The predicted octanol–water partition coefficient (Wildman–Crippen LogP) is 1.85. The zero-order valence-corrected chi connectivity index (χ0v) is 10.0. The van der Waals surface area contributed by atoms with Gasteiger partial charge in [-0.15, -0.1) is 0 Å². The normalized spacial score (nSPS) is 32.6. The second kappa shape index (κ2) is 5.07. The van der Waals surface area contributed by atoms with Crippen molar-refractivity contribution in [3.63, 3.8) is 0 Å². The largest absolute Gasteiger partial charge is 0.414 e. The first-order chi connectivity index (χ1) is 8.38. The van der Waals surface area contributed by atoms with Gasteiger partial charge in [0.2, 0.25) is 5.91 Å². The fraction of sp³-hybridized carbons (Fsp3) is 0.917. The smallest absolute Gasteiger partial charge is 0.384 e. The highest BCUT2D eigenvalue weighted by atomic mass is 19.4. The lowest BCUT2D eigenvalue weighted by Gasteiger charge is -2.21. The standard InChI is InChI=1S/C12H18F3NO2/c13-12(14,15)10(17)3-4-16-11(18)9-6-7-1-2-8(9)5-7/h7-10,17H,1-6H2,(H,16,18)/t7-,8-,9-,10+/m0/s1. The minimum Gasteiger partial charge on any atom is -0.384 e. The average molecular weight is 265 g/mol. The molecule has 1 amide bonds. The van der Waals surface area contributed by atoms with Gasteiger partial charge in [0.25, 0.3) is 0 Å². The van der Waals surface area contributed by atoms with Crippen molar-refractivity contribution in [1.29, 1.82) is 0 Å². The van der Waals surface area contributed by atoms with Gasteiger partial charge in [-0.3, -0.25) is 4.79 Å². The van der Waals surface area contributed by atoms with Crippen LogP contribution in [0.2, 0.25) is 0 Å². The number of carbonyl (C=O) groups is 1. The Hall–Kier alpha value is -0.780. The van der Waals surface area contributed by atoms with Crippen LogP contribution in [0.4, 0.5) is 13.2 Å². The number of rotatable bonds is 4. The molecule has 0 radical (unpaired) electrons. The van der Waals surface area contributed by atoms with Crippen LogP contribution in [-0.4, -0.2) is 29.8 Å². The van der Waals surface area contributed by atoms with Crippen molar-refractivity contribution in [2.45, 2.75) is 44.4 Å². The van der Waals surface area contributed by atoms with E-state index in [0.717, 1.165) is 19.3 Å². The molecular formula is C12H18F3NO2. The van der Waals surface area contributed by atoms with E-state index in [0.29, 0.717) is 11.8 Å². The van der Waals surface area contributed by atoms with Gasteiger partial charge in [-0.25, -0.2) is 0 Å². The number of nitrogens with one attached hydrogen (secondary N) is 1. The van der Waals surface area contributed by atoms with Crippen molar-refractivity contribution in [3.05, 3.63) is 0 Å². The van der Waals surface area contributed by atoms with E-state index in [4.69, 9.17) is 5.11 Å². The minimum atomic E-state index is -4.60. The lowest BCUT2D eigenvalue weighted by Crippen LogP contribution is -2.37. The van der Waals surface area contributed by atoms with Crippen LogP contribution in [0.3, 0.4) is 0 Å². The molecule has 2 fully saturated rings. The zero-order chi connectivity index (χ0) is 13.3. The van der Waals surface area contributed by atoms with Crippen molar-refractivity contribution in [2.24, 2.45) is 17.8 Å². The van der Waals surface area contributed by atoms with Crippen molar-refractivity contribution in [1.82, 2.24) is 5.32 Å². The van der Waals surface area contributed by atoms with E-state index < -0.39 is 18.7 Å². The van der Waals surface area contributed by atoms with E-state index in [9.17, 15) is 18.0 Å². The number of halogens is 3. The van der Waals surface area contributed by atoms with E-state index in [2.05, 4.69) is 5.32 Å². The van der Waals surface area contributed by atoms with E-state index in [1.165, 1.54) is 6.42 Å². The summed E-state index contributed by atoms with van der Waals surface area (Å²) in [6.45, 7) is -0.118. The fourth-order valence-corrected chi connectivity index (χ4v) is 3.19. The van der Waals surface area contributed by atoms with E-state index in [1.54, 1.807) is 0 Å². The molecule has 3 nitrogen and oxygen atoms in total. The van der Waals surface area contributed by atoms with Gasteiger partial charge < -0.3 is 10.4 Å². The number of hydrogen-bond donors (Lipinski definition) is 2. The molecule has 0 unspecified atom stereocenters. The number of carbonyl (C=O) groups excluding carboxylic acids is 1. The Labute approximate surface area is 104 Å². The van der Waals surface area contributed by atoms with Crippen LogP contribution in [0.1, 0.15) is 32.1 Å². The second-order valence-electron chi connectivity index (χ2n) is 5.42. The van der Waals surface area contributed by atoms with E-state index >= 15 is 0 Å². The van der Waals surface area contributed by atoms with E-state index in [-0.39, 0.29) is 18.4 Å². The summed E-state index contributed by atoms with van der Waals surface area (Å²) < 4.78 is 36.1. The monoisotopic (exact) mass is 265 g/mol. The van der Waals surface area contributed by atoms with Crippen LogP contribution < -0.4 is 5.32 Å². The van der Waals surface area contributed by atoms with Crippen LogP contribution in [0, 0.1) is 17.8 Å². The number of aliphatic hydroxyl groups excluding tert-OH is 1. The molecule has 0 aromatic heterocycles. The Balaban J connectivity index is 1.70. The molecule has 0 aromatic rings. The average Bonchev–Trinajstić information content (AvgIpc) is 2.88. The molecule has 0 spiro atoms. The molecular weight excluding hydrogens is 247 g/mol. The molecule has 2 rings (SSSR count). The third-order valence-electron chi connectivity index (χ3n) is 4.17. The first-order valence-corrected chi connectivity index (χ1v) is 6.40. The Kier molecular flexibility index (Phi) is 3.84. The number of amides is 1. The van der Waals surface area contributed by atoms with Gasteiger partial charge in [-0.1, -0.05) is 6.42 Å². The third kappa shape index (κ3) is 2.96. The quantitative estimate of drug-likeness (QED) is 0.815. The number of alkyl halides is 3. The maximum absolute atomic E-state index is 12.0. The van der Waals surface area contributed by atoms with Crippen LogP contribution in [0.25, 0.3) is 0 Å². The van der Waals surface area contributed by atoms with Gasteiger partial charge in [-0.05, 0) is 37.5 Å². The van der Waals surface area contributed by atoms with Gasteiger partial charge in [0.15, 0.2) is 6.10 Å². The lowest BCUT2D eigenvalue weighted by atomic mass is 9.88. The maximum atomic E-state index is 12.0. The van der Waals surface area contributed by atoms with Crippen molar-refractivity contribution >= 4 is 5.91 Å². The number of fused-ring (bicyclic) bond motifs is 2. The molecule has 0 aliphatic heterocycles. The Bertz CT molecular complexity index is 319. The first-order valence-electron chi connectivity index (χ1n) is 6.40. The zero-order valence-electron chi connectivity index (χ0n) is 10.0. The molecule has 0 saturated heterocycles. The summed E-state index contributed by atoms with van der Waals surface area (Å²) in [5.74, 6) is 0.886. The highest BCUT2D eigenvalue weighted by Gasteiger charge is 2.43. The van der Waals surface area contributed by atoms with Gasteiger partial charge in [0.1, 0.15) is 0 Å². The summed E-state index contributed by atoms with van der Waals surface area (Å²) in [7, 11) is 0. The highest BCUT2D eigenvalue weighted by Crippen LogP contribution is 2.48. The van der Waals surface area contributed by atoms with Crippen LogP contribution in [0.15, 0.2) is 0 Å². The Morgan fingerprint density at radius 2 is 2.06 bits per heavy atom. The third-order valence-corrected chi connectivity index (χ3v) is 4.17. The van der Waals surface area contributed by atoms with Crippen LogP contribution in [-0.2, 0) is 4.79 Å². The van der Waals surface area contributed by atoms with Gasteiger partial charge in [0.05, 0.1) is 0 Å². The molecule has 0 aromatic carbocycles. The minimum absolute atomic E-state index is 0.0215. The summed E-state index contributed by atoms with van der Waals surface area (Å²) >= 11 is 0. The molecule has 2 bridgehead atoms. The maximum Gasteiger partial charge on any atom is 0.414 e. The Morgan fingerprint density at radius 3 is 2.56 bits per heavy atom. The van der Waals surface area contributed by atoms with Gasteiger partial charge in [-0.2, -0.15) is 13.2 Å². The molecule has 2 aliphatic rings. The topological polar surface area (TPSA) is 49.3 Å². The summed E-state index contributed by atoms with van der Waals surface area (Å²) in [4.78, 5) is 11.8. The molecule has 104 valence electrons. The molecule has 2 saturated carbocycles. The molecule has 0 heterocycles. The molecule has 2 N–H and O–H groups in total. The highest BCUT2D eigenvalue weighted by molar-refractivity contribution is 5.79. The van der Waals surface area contributed by atoms with Crippen molar-refractivity contribution < 1.29 is 23.1 Å².